The number of aryl methyl sites for hydroxylation is 1. The molecule has 1 rings (SSSR count). The number of nitrogens with one attached hydrogen (secondary N) is 1. The molecule has 6 nitrogen and oxygen atoms in total. The lowest BCUT2D eigenvalue weighted by atomic mass is 10.1. The minimum absolute atomic E-state index is 0.0610. The molecule has 98 valence electrons. The number of nitro benzene ring substituents is 1. The third kappa shape index (κ3) is 3.44. The van der Waals surface area contributed by atoms with E-state index in [1.807, 2.05) is 6.92 Å². The quantitative estimate of drug-likeness (QED) is 0.599. The van der Waals surface area contributed by atoms with Crippen molar-refractivity contribution < 1.29 is 14.8 Å². The number of hydrogen-bond donors (Lipinski definition) is 2. The second-order valence-electron chi connectivity index (χ2n) is 4.08. The Bertz CT molecular complexity index is 459. The molecule has 0 aromatic heterocycles. The van der Waals surface area contributed by atoms with Crippen LogP contribution >= 0.6 is 0 Å². The summed E-state index contributed by atoms with van der Waals surface area (Å²) >= 11 is 0. The van der Waals surface area contributed by atoms with Crippen LogP contribution in [0.25, 0.3) is 0 Å². The molecule has 0 saturated carbocycles. The van der Waals surface area contributed by atoms with Gasteiger partial charge in [-0.05, 0) is 25.5 Å². The first kappa shape index (κ1) is 14.0. The largest absolute Gasteiger partial charge is 0.481 e. The number of nitrogens with zero attached hydrogens (tertiary/aromatic N) is 1. The number of carboxylic acid groups (broad SMARTS) is 1. The minimum Gasteiger partial charge on any atom is -0.481 e. The zero-order valence-electron chi connectivity index (χ0n) is 10.3. The Balaban J connectivity index is 2.72. The van der Waals surface area contributed by atoms with E-state index in [0.29, 0.717) is 24.2 Å². The Kier molecular flexibility index (Phi) is 4.65. The molecule has 0 heterocycles. The summed E-state index contributed by atoms with van der Waals surface area (Å²) in [7, 11) is 0. The molecule has 0 spiro atoms. The highest BCUT2D eigenvalue weighted by Gasteiger charge is 2.15. The van der Waals surface area contributed by atoms with E-state index in [1.165, 1.54) is 6.07 Å². The van der Waals surface area contributed by atoms with Crippen LogP contribution in [0.3, 0.4) is 0 Å². The van der Waals surface area contributed by atoms with E-state index in [4.69, 9.17) is 5.11 Å². The summed E-state index contributed by atoms with van der Waals surface area (Å²) in [6.45, 7) is 3.77. The first-order valence-electron chi connectivity index (χ1n) is 5.67. The van der Waals surface area contributed by atoms with Crippen molar-refractivity contribution in [1.29, 1.82) is 0 Å². The lowest BCUT2D eigenvalue weighted by molar-refractivity contribution is -0.385. The van der Waals surface area contributed by atoms with Gasteiger partial charge in [0.1, 0.15) is 0 Å². The van der Waals surface area contributed by atoms with E-state index in [2.05, 4.69) is 5.32 Å². The van der Waals surface area contributed by atoms with Crippen molar-refractivity contribution >= 4 is 17.3 Å². The van der Waals surface area contributed by atoms with E-state index in [9.17, 15) is 14.9 Å². The maximum atomic E-state index is 10.8. The van der Waals surface area contributed by atoms with Crippen LogP contribution in [0.5, 0.6) is 0 Å². The zero-order valence-corrected chi connectivity index (χ0v) is 10.3. The van der Waals surface area contributed by atoms with Gasteiger partial charge in [-0.1, -0.05) is 6.92 Å². The molecule has 0 aliphatic carbocycles. The average Bonchev–Trinajstić information content (AvgIpc) is 2.28. The predicted molar refractivity (Wildman–Crippen MR) is 67.7 cm³/mol. The second kappa shape index (κ2) is 6.00. The fourth-order valence-electron chi connectivity index (χ4n) is 1.62. The molecule has 0 aliphatic heterocycles. The molecule has 0 amide bonds. The van der Waals surface area contributed by atoms with Crippen molar-refractivity contribution in [1.82, 2.24) is 0 Å². The Morgan fingerprint density at radius 3 is 2.67 bits per heavy atom. The molecule has 0 aliphatic rings. The molecular weight excluding hydrogens is 236 g/mol. The van der Waals surface area contributed by atoms with E-state index in [-0.39, 0.29) is 5.69 Å². The summed E-state index contributed by atoms with van der Waals surface area (Å²) in [5, 5.41) is 22.5. The van der Waals surface area contributed by atoms with Crippen LogP contribution in [-0.2, 0) is 4.79 Å². The van der Waals surface area contributed by atoms with Gasteiger partial charge in [0, 0.05) is 23.9 Å². The first-order chi connectivity index (χ1) is 8.45. The van der Waals surface area contributed by atoms with Crippen LogP contribution in [-0.4, -0.2) is 22.5 Å². The van der Waals surface area contributed by atoms with Crippen molar-refractivity contribution in [3.8, 4) is 0 Å². The van der Waals surface area contributed by atoms with Gasteiger partial charge in [-0.2, -0.15) is 0 Å². The van der Waals surface area contributed by atoms with E-state index in [0.717, 1.165) is 0 Å². The van der Waals surface area contributed by atoms with Crippen molar-refractivity contribution in [3.63, 3.8) is 0 Å². The van der Waals surface area contributed by atoms with Gasteiger partial charge in [-0.25, -0.2) is 0 Å². The topological polar surface area (TPSA) is 92.5 Å². The highest BCUT2D eigenvalue weighted by molar-refractivity contribution is 5.70. The summed E-state index contributed by atoms with van der Waals surface area (Å²) in [6.07, 6.45) is 0.536. The highest BCUT2D eigenvalue weighted by Crippen LogP contribution is 2.21. The summed E-state index contributed by atoms with van der Waals surface area (Å²) in [5.74, 6) is -1.30. The summed E-state index contributed by atoms with van der Waals surface area (Å²) in [6, 6.07) is 4.64. The van der Waals surface area contributed by atoms with Gasteiger partial charge in [0.15, 0.2) is 0 Å². The van der Waals surface area contributed by atoms with Gasteiger partial charge in [0.2, 0.25) is 0 Å². The molecule has 0 saturated heterocycles. The van der Waals surface area contributed by atoms with Crippen LogP contribution in [0, 0.1) is 23.0 Å². The highest BCUT2D eigenvalue weighted by atomic mass is 16.6. The van der Waals surface area contributed by atoms with Crippen LogP contribution in [0.4, 0.5) is 11.4 Å². The molecule has 0 bridgehead atoms. The second-order valence-corrected chi connectivity index (χ2v) is 4.08. The van der Waals surface area contributed by atoms with E-state index < -0.39 is 16.8 Å². The Morgan fingerprint density at radius 1 is 1.56 bits per heavy atom. The molecule has 6 heteroatoms. The third-order valence-electron chi connectivity index (χ3n) is 2.79. The van der Waals surface area contributed by atoms with Gasteiger partial charge in [0.25, 0.3) is 5.69 Å². The molecular formula is C12H16N2O4. The van der Waals surface area contributed by atoms with Crippen molar-refractivity contribution in [3.05, 3.63) is 33.9 Å². The predicted octanol–water partition coefficient (Wildman–Crippen LogP) is 2.43. The number of anilines is 1. The normalized spacial score (nSPS) is 11.9. The van der Waals surface area contributed by atoms with Crippen molar-refractivity contribution in [2.45, 2.75) is 20.3 Å². The third-order valence-corrected chi connectivity index (χ3v) is 2.79. The number of benzene rings is 1. The van der Waals surface area contributed by atoms with Gasteiger partial charge in [-0.15, -0.1) is 0 Å². The SMILES string of the molecule is CCC(CNc1ccc([N+](=O)[O-])c(C)c1)C(=O)O. The molecule has 18 heavy (non-hydrogen) atoms. The molecule has 0 radical (unpaired) electrons. The zero-order chi connectivity index (χ0) is 13.7. The smallest absolute Gasteiger partial charge is 0.308 e. The Labute approximate surface area is 105 Å². The summed E-state index contributed by atoms with van der Waals surface area (Å²) in [5.41, 5.74) is 1.30. The standard InChI is InChI=1S/C12H16N2O4/c1-3-9(12(15)16)7-13-10-4-5-11(14(17)18)8(2)6-10/h4-6,9,13H,3,7H2,1-2H3,(H,15,16). The van der Waals surface area contributed by atoms with Crippen LogP contribution < -0.4 is 5.32 Å². The number of hydrogen-bond acceptors (Lipinski definition) is 4. The number of carboxylic acids is 1. The Hall–Kier alpha value is -2.11. The van der Waals surface area contributed by atoms with Crippen molar-refractivity contribution in [2.75, 3.05) is 11.9 Å². The van der Waals surface area contributed by atoms with Crippen LogP contribution in [0.1, 0.15) is 18.9 Å². The van der Waals surface area contributed by atoms with Crippen molar-refractivity contribution in [2.24, 2.45) is 5.92 Å². The first-order valence-corrected chi connectivity index (χ1v) is 5.67. The number of nitro groups is 1. The van der Waals surface area contributed by atoms with Crippen LogP contribution in [0.15, 0.2) is 18.2 Å². The van der Waals surface area contributed by atoms with E-state index >= 15 is 0 Å². The fourth-order valence-corrected chi connectivity index (χ4v) is 1.62. The molecule has 1 atom stereocenters. The van der Waals surface area contributed by atoms with Gasteiger partial charge < -0.3 is 10.4 Å². The molecule has 1 aromatic carbocycles. The Morgan fingerprint density at radius 2 is 2.22 bits per heavy atom. The number of carbonyl (C=O) groups is 1. The maximum Gasteiger partial charge on any atom is 0.308 e. The lowest BCUT2D eigenvalue weighted by Crippen LogP contribution is -2.22. The lowest BCUT2D eigenvalue weighted by Gasteiger charge is -2.12. The maximum absolute atomic E-state index is 10.8. The molecule has 0 fully saturated rings. The van der Waals surface area contributed by atoms with Gasteiger partial charge in [-0.3, -0.25) is 14.9 Å². The number of aliphatic carboxylic acids is 1. The molecule has 2 N–H and O–H groups in total. The van der Waals surface area contributed by atoms with Gasteiger partial charge in [0.05, 0.1) is 10.8 Å². The summed E-state index contributed by atoms with van der Waals surface area (Å²) < 4.78 is 0. The number of rotatable bonds is 6. The summed E-state index contributed by atoms with van der Waals surface area (Å²) in [4.78, 5) is 21.0. The fraction of sp³-hybridized carbons (Fsp3) is 0.417. The monoisotopic (exact) mass is 252 g/mol. The van der Waals surface area contributed by atoms with E-state index in [1.54, 1.807) is 19.1 Å². The average molecular weight is 252 g/mol. The van der Waals surface area contributed by atoms with Gasteiger partial charge >= 0.3 is 5.97 Å². The molecule has 1 unspecified atom stereocenters. The van der Waals surface area contributed by atoms with Crippen LogP contribution in [0.2, 0.25) is 0 Å². The minimum atomic E-state index is -0.844. The molecule has 1 aromatic rings.